The van der Waals surface area contributed by atoms with Crippen molar-refractivity contribution < 1.29 is 4.39 Å². The van der Waals surface area contributed by atoms with Gasteiger partial charge in [-0.25, -0.2) is 9.37 Å². The number of nitrogens with zero attached hydrogens (tertiary/aromatic N) is 5. The van der Waals surface area contributed by atoms with Gasteiger partial charge in [-0.2, -0.15) is 5.26 Å². The van der Waals surface area contributed by atoms with Gasteiger partial charge in [0.2, 0.25) is 0 Å². The lowest BCUT2D eigenvalue weighted by Crippen LogP contribution is -2.57. The third-order valence-electron chi connectivity index (χ3n) is 7.17. The number of hydrogen-bond donors (Lipinski definition) is 0. The Morgan fingerprint density at radius 3 is 2.44 bits per heavy atom. The zero-order valence-electron chi connectivity index (χ0n) is 20.6. The molecule has 0 N–H and O–H groups in total. The average molecular weight is 482 g/mol. The smallest absolute Gasteiger partial charge is 0.252 e. The van der Waals surface area contributed by atoms with E-state index in [0.29, 0.717) is 35.4 Å². The first-order valence-electron chi connectivity index (χ1n) is 12.1. The number of aromatic nitrogens is 2. The van der Waals surface area contributed by atoms with Crippen LogP contribution in [0.5, 0.6) is 0 Å². The van der Waals surface area contributed by atoms with Gasteiger partial charge in [0, 0.05) is 43.9 Å². The van der Waals surface area contributed by atoms with Crippen LogP contribution in [0.4, 0.5) is 10.1 Å². The summed E-state index contributed by atoms with van der Waals surface area (Å²) in [6.07, 6.45) is 0. The fraction of sp³-hybridized carbons (Fsp3) is 0.276. The van der Waals surface area contributed by atoms with Crippen molar-refractivity contribution in [3.8, 4) is 6.07 Å². The van der Waals surface area contributed by atoms with E-state index < -0.39 is 0 Å². The molecule has 7 heteroatoms. The normalized spacial score (nSPS) is 19.2. The second-order valence-corrected chi connectivity index (χ2v) is 9.48. The highest BCUT2D eigenvalue weighted by atomic mass is 19.1. The Labute approximate surface area is 209 Å². The Morgan fingerprint density at radius 2 is 1.72 bits per heavy atom. The van der Waals surface area contributed by atoms with Gasteiger partial charge in [0.05, 0.1) is 17.2 Å². The summed E-state index contributed by atoms with van der Waals surface area (Å²) in [5.41, 5.74) is 3.92. The predicted molar refractivity (Wildman–Crippen MR) is 139 cm³/mol. The van der Waals surface area contributed by atoms with Crippen LogP contribution in [0, 0.1) is 17.1 Å². The van der Waals surface area contributed by atoms with Gasteiger partial charge in [0.15, 0.2) is 0 Å². The number of piperazine rings is 1. The highest BCUT2D eigenvalue weighted by Crippen LogP contribution is 2.36. The molecule has 0 amide bonds. The fourth-order valence-electron chi connectivity index (χ4n) is 5.32. The molecule has 182 valence electrons. The van der Waals surface area contributed by atoms with Crippen molar-refractivity contribution in [1.82, 2.24) is 14.5 Å². The molecule has 3 heterocycles. The van der Waals surface area contributed by atoms with Crippen LogP contribution in [0.15, 0.2) is 77.6 Å². The highest BCUT2D eigenvalue weighted by molar-refractivity contribution is 5.89. The van der Waals surface area contributed by atoms with Crippen LogP contribution >= 0.6 is 0 Å². The van der Waals surface area contributed by atoms with E-state index in [1.54, 1.807) is 35.9 Å². The van der Waals surface area contributed by atoms with E-state index in [1.165, 1.54) is 6.07 Å². The molecule has 36 heavy (non-hydrogen) atoms. The molecule has 1 saturated heterocycles. The van der Waals surface area contributed by atoms with Crippen LogP contribution in [0.3, 0.4) is 0 Å². The van der Waals surface area contributed by atoms with E-state index in [4.69, 9.17) is 0 Å². The molecule has 1 aliphatic rings. The molecule has 3 atom stereocenters. The Kier molecular flexibility index (Phi) is 6.29. The molecule has 4 aromatic rings. The van der Waals surface area contributed by atoms with Gasteiger partial charge in [-0.1, -0.05) is 48.5 Å². The van der Waals surface area contributed by atoms with Crippen molar-refractivity contribution >= 4 is 16.7 Å². The van der Waals surface area contributed by atoms with Crippen molar-refractivity contribution in [3.63, 3.8) is 0 Å². The molecule has 5 rings (SSSR count). The summed E-state index contributed by atoms with van der Waals surface area (Å²) in [6.45, 7) is 5.52. The van der Waals surface area contributed by atoms with Crippen LogP contribution < -0.4 is 10.5 Å². The number of nitriles is 1. The molecule has 1 fully saturated rings. The standard InChI is InChI=1S/C29H28FN5O/c1-19-18-35(29(21-9-5-4-6-10-21)23-11-7-8-12-24(23)30)20(2)17-34(19)26-15-27(36)33(3)25-14-13-22(16-31)32-28(25)26/h4-15,19-20,29H,17-18H2,1-3H3/t19-,20?,29?/m0/s1. The van der Waals surface area contributed by atoms with Crippen molar-refractivity contribution in [3.05, 3.63) is 106 Å². The summed E-state index contributed by atoms with van der Waals surface area (Å²) in [4.78, 5) is 21.9. The molecule has 6 nitrogen and oxygen atoms in total. The second kappa shape index (κ2) is 9.56. The van der Waals surface area contributed by atoms with E-state index in [-0.39, 0.29) is 29.5 Å². The Morgan fingerprint density at radius 1 is 1.00 bits per heavy atom. The SMILES string of the molecule is CC1CN(c2cc(=O)n(C)c3ccc(C#N)nc23)[C@@H](C)CN1C(c1ccccc1)c1ccccc1F. The Hall–Kier alpha value is -4.02. The largest absolute Gasteiger partial charge is 0.364 e. The van der Waals surface area contributed by atoms with Crippen LogP contribution in [-0.4, -0.2) is 39.6 Å². The first kappa shape index (κ1) is 23.7. The van der Waals surface area contributed by atoms with Gasteiger partial charge in [-0.15, -0.1) is 0 Å². The summed E-state index contributed by atoms with van der Waals surface area (Å²) in [5, 5.41) is 9.42. The Balaban J connectivity index is 1.57. The minimum absolute atomic E-state index is 0.0158. The summed E-state index contributed by atoms with van der Waals surface area (Å²) in [5.74, 6) is -0.223. The minimum Gasteiger partial charge on any atom is -0.364 e. The van der Waals surface area contributed by atoms with E-state index >= 15 is 4.39 Å². The number of anilines is 1. The lowest BCUT2D eigenvalue weighted by atomic mass is 9.93. The molecule has 0 saturated carbocycles. The lowest BCUT2D eigenvalue weighted by molar-refractivity contribution is 0.128. The topological polar surface area (TPSA) is 65.2 Å². The minimum atomic E-state index is -0.240. The molecule has 0 spiro atoms. The fourth-order valence-corrected chi connectivity index (χ4v) is 5.32. The number of benzene rings is 2. The average Bonchev–Trinajstić information content (AvgIpc) is 2.89. The second-order valence-electron chi connectivity index (χ2n) is 9.48. The zero-order chi connectivity index (χ0) is 25.4. The summed E-state index contributed by atoms with van der Waals surface area (Å²) in [6, 6.07) is 23.9. The first-order chi connectivity index (χ1) is 17.4. The summed E-state index contributed by atoms with van der Waals surface area (Å²) < 4.78 is 16.6. The van der Waals surface area contributed by atoms with E-state index in [0.717, 1.165) is 11.3 Å². The van der Waals surface area contributed by atoms with Crippen LogP contribution in [-0.2, 0) is 7.05 Å². The highest BCUT2D eigenvalue weighted by Gasteiger charge is 2.36. The number of pyridine rings is 2. The molecule has 0 radical (unpaired) electrons. The Bertz CT molecular complexity index is 1510. The van der Waals surface area contributed by atoms with Gasteiger partial charge in [0.25, 0.3) is 5.56 Å². The maximum Gasteiger partial charge on any atom is 0.252 e. The molecule has 0 aliphatic carbocycles. The number of rotatable bonds is 4. The van der Waals surface area contributed by atoms with Crippen molar-refractivity contribution in [1.29, 1.82) is 5.26 Å². The molecule has 2 unspecified atom stereocenters. The third-order valence-corrected chi connectivity index (χ3v) is 7.17. The number of aryl methyl sites for hydroxylation is 1. The van der Waals surface area contributed by atoms with Gasteiger partial charge >= 0.3 is 0 Å². The van der Waals surface area contributed by atoms with Gasteiger partial charge in [-0.05, 0) is 37.6 Å². The van der Waals surface area contributed by atoms with E-state index in [1.807, 2.05) is 42.5 Å². The quantitative estimate of drug-likeness (QED) is 0.425. The van der Waals surface area contributed by atoms with Crippen LogP contribution in [0.25, 0.3) is 11.0 Å². The summed E-state index contributed by atoms with van der Waals surface area (Å²) >= 11 is 0. The van der Waals surface area contributed by atoms with Gasteiger partial charge in [0.1, 0.15) is 23.1 Å². The molecule has 0 bridgehead atoms. The molecular formula is C29H28FN5O. The number of fused-ring (bicyclic) bond motifs is 1. The third kappa shape index (κ3) is 4.14. The molecular weight excluding hydrogens is 453 g/mol. The van der Waals surface area contributed by atoms with Crippen molar-refractivity contribution in [2.75, 3.05) is 18.0 Å². The predicted octanol–water partition coefficient (Wildman–Crippen LogP) is 4.63. The van der Waals surface area contributed by atoms with E-state index in [9.17, 15) is 10.1 Å². The molecule has 2 aromatic heterocycles. The first-order valence-corrected chi connectivity index (χ1v) is 12.1. The molecule has 2 aromatic carbocycles. The van der Waals surface area contributed by atoms with Crippen LogP contribution in [0.1, 0.15) is 36.7 Å². The summed E-state index contributed by atoms with van der Waals surface area (Å²) in [7, 11) is 1.71. The van der Waals surface area contributed by atoms with Gasteiger partial charge in [-0.3, -0.25) is 9.69 Å². The maximum atomic E-state index is 15.1. The van der Waals surface area contributed by atoms with E-state index in [2.05, 4.69) is 34.7 Å². The maximum absolute atomic E-state index is 15.1. The number of halogens is 1. The van der Waals surface area contributed by atoms with Gasteiger partial charge < -0.3 is 9.47 Å². The molecule has 1 aliphatic heterocycles. The zero-order valence-corrected chi connectivity index (χ0v) is 20.6. The lowest BCUT2D eigenvalue weighted by Gasteiger charge is -2.48. The van der Waals surface area contributed by atoms with Crippen molar-refractivity contribution in [2.24, 2.45) is 7.05 Å². The monoisotopic (exact) mass is 481 g/mol. The van der Waals surface area contributed by atoms with Crippen molar-refractivity contribution in [2.45, 2.75) is 32.0 Å². The number of hydrogen-bond acceptors (Lipinski definition) is 5. The van der Waals surface area contributed by atoms with Crippen LogP contribution in [0.2, 0.25) is 0 Å².